The van der Waals surface area contributed by atoms with Gasteiger partial charge in [-0.25, -0.2) is 14.6 Å². The van der Waals surface area contributed by atoms with Gasteiger partial charge in [-0.1, -0.05) is 26.2 Å². The number of urea groups is 1. The van der Waals surface area contributed by atoms with Crippen molar-refractivity contribution in [3.05, 3.63) is 24.0 Å². The molecule has 2 amide bonds. The number of aromatic nitrogens is 1. The number of carboxylic acid groups (broad SMARTS) is 1. The van der Waals surface area contributed by atoms with Gasteiger partial charge in [0.15, 0.2) is 5.69 Å². The predicted octanol–water partition coefficient (Wildman–Crippen LogP) is 2.48. The van der Waals surface area contributed by atoms with Gasteiger partial charge in [0.1, 0.15) is 0 Å². The van der Waals surface area contributed by atoms with Crippen molar-refractivity contribution in [2.24, 2.45) is 0 Å². The topological polar surface area (TPSA) is 91.3 Å². The van der Waals surface area contributed by atoms with Crippen molar-refractivity contribution < 1.29 is 14.7 Å². The van der Waals surface area contributed by atoms with Crippen LogP contribution in [-0.2, 0) is 0 Å². The van der Waals surface area contributed by atoms with Gasteiger partial charge in [0, 0.05) is 12.7 Å². The fourth-order valence-corrected chi connectivity index (χ4v) is 1.60. The summed E-state index contributed by atoms with van der Waals surface area (Å²) in [5.74, 6) is -1.17. The summed E-state index contributed by atoms with van der Waals surface area (Å²) in [6, 6.07) is 2.67. The summed E-state index contributed by atoms with van der Waals surface area (Å²) in [6.07, 6.45) is 5.65. The summed E-state index contributed by atoms with van der Waals surface area (Å²) in [7, 11) is 0. The molecule has 0 aliphatic heterocycles. The lowest BCUT2D eigenvalue weighted by molar-refractivity contribution is 0.0692. The number of nitrogens with zero attached hydrogens (tertiary/aromatic N) is 1. The van der Waals surface area contributed by atoms with Crippen LogP contribution in [0.15, 0.2) is 18.3 Å². The standard InChI is InChI=1S/C13H19N3O3/c1-2-3-4-5-8-15-13(19)16-10-7-6-9-14-11(10)12(17)18/h6-7,9H,2-5,8H2,1H3,(H,17,18)(H2,15,16,19). The minimum absolute atomic E-state index is 0.163. The van der Waals surface area contributed by atoms with E-state index in [2.05, 4.69) is 22.5 Å². The van der Waals surface area contributed by atoms with Crippen LogP contribution in [0.25, 0.3) is 0 Å². The number of carbonyl (C=O) groups excluding carboxylic acids is 1. The number of unbranched alkanes of at least 4 members (excludes halogenated alkanes) is 3. The molecule has 0 bridgehead atoms. The highest BCUT2D eigenvalue weighted by molar-refractivity contribution is 5.98. The molecule has 6 heteroatoms. The maximum atomic E-state index is 11.6. The molecule has 0 aromatic carbocycles. The van der Waals surface area contributed by atoms with Crippen LogP contribution in [0.5, 0.6) is 0 Å². The molecular weight excluding hydrogens is 246 g/mol. The van der Waals surface area contributed by atoms with E-state index in [1.54, 1.807) is 6.07 Å². The molecule has 0 unspecified atom stereocenters. The number of hydrogen-bond donors (Lipinski definition) is 3. The van der Waals surface area contributed by atoms with Crippen molar-refractivity contribution in [2.45, 2.75) is 32.6 Å². The fourth-order valence-electron chi connectivity index (χ4n) is 1.60. The van der Waals surface area contributed by atoms with E-state index in [-0.39, 0.29) is 11.4 Å². The second kappa shape index (κ2) is 8.07. The molecule has 0 saturated heterocycles. The second-order valence-electron chi connectivity index (χ2n) is 4.15. The third kappa shape index (κ3) is 5.37. The van der Waals surface area contributed by atoms with Gasteiger partial charge in [0.2, 0.25) is 0 Å². The van der Waals surface area contributed by atoms with E-state index in [1.807, 2.05) is 0 Å². The first kappa shape index (κ1) is 14.9. The van der Waals surface area contributed by atoms with Crippen LogP contribution in [0, 0.1) is 0 Å². The van der Waals surface area contributed by atoms with Crippen LogP contribution in [-0.4, -0.2) is 28.6 Å². The lowest BCUT2D eigenvalue weighted by Crippen LogP contribution is -2.30. The monoisotopic (exact) mass is 265 g/mol. The van der Waals surface area contributed by atoms with Crippen LogP contribution in [0.4, 0.5) is 10.5 Å². The number of carboxylic acids is 1. The first-order valence-corrected chi connectivity index (χ1v) is 6.38. The predicted molar refractivity (Wildman–Crippen MR) is 72.4 cm³/mol. The molecule has 3 N–H and O–H groups in total. The van der Waals surface area contributed by atoms with E-state index in [0.29, 0.717) is 6.54 Å². The zero-order valence-corrected chi connectivity index (χ0v) is 11.0. The molecule has 0 fully saturated rings. The largest absolute Gasteiger partial charge is 0.476 e. The maximum Gasteiger partial charge on any atom is 0.356 e. The van der Waals surface area contributed by atoms with Crippen molar-refractivity contribution >= 4 is 17.7 Å². The lowest BCUT2D eigenvalue weighted by atomic mass is 10.2. The molecule has 0 spiro atoms. The van der Waals surface area contributed by atoms with Crippen molar-refractivity contribution in [2.75, 3.05) is 11.9 Å². The van der Waals surface area contributed by atoms with Gasteiger partial charge in [-0.2, -0.15) is 0 Å². The highest BCUT2D eigenvalue weighted by atomic mass is 16.4. The van der Waals surface area contributed by atoms with E-state index >= 15 is 0 Å². The van der Waals surface area contributed by atoms with Gasteiger partial charge in [0.25, 0.3) is 0 Å². The molecule has 0 aliphatic carbocycles. The van der Waals surface area contributed by atoms with Crippen LogP contribution >= 0.6 is 0 Å². The molecule has 0 saturated carbocycles. The van der Waals surface area contributed by atoms with Crippen molar-refractivity contribution in [1.29, 1.82) is 0 Å². The first-order valence-electron chi connectivity index (χ1n) is 6.38. The van der Waals surface area contributed by atoms with E-state index in [4.69, 9.17) is 5.11 Å². The number of pyridine rings is 1. The Hall–Kier alpha value is -2.11. The Kier molecular flexibility index (Phi) is 6.35. The normalized spacial score (nSPS) is 9.95. The second-order valence-corrected chi connectivity index (χ2v) is 4.15. The van der Waals surface area contributed by atoms with E-state index < -0.39 is 12.0 Å². The number of rotatable bonds is 7. The summed E-state index contributed by atoms with van der Waals surface area (Å²) >= 11 is 0. The van der Waals surface area contributed by atoms with Crippen LogP contribution < -0.4 is 10.6 Å². The number of carbonyl (C=O) groups is 2. The molecule has 1 aromatic rings. The molecule has 6 nitrogen and oxygen atoms in total. The quantitative estimate of drug-likeness (QED) is 0.660. The third-order valence-electron chi connectivity index (χ3n) is 2.57. The van der Waals surface area contributed by atoms with E-state index in [1.165, 1.54) is 12.3 Å². The Morgan fingerprint density at radius 2 is 2.11 bits per heavy atom. The lowest BCUT2D eigenvalue weighted by Gasteiger charge is -2.08. The van der Waals surface area contributed by atoms with Crippen molar-refractivity contribution in [3.63, 3.8) is 0 Å². The first-order chi connectivity index (χ1) is 9.15. The Labute approximate surface area is 112 Å². The van der Waals surface area contributed by atoms with Gasteiger partial charge in [-0.15, -0.1) is 0 Å². The Bertz CT molecular complexity index is 435. The molecule has 0 aliphatic rings. The summed E-state index contributed by atoms with van der Waals surface area (Å²) in [5.41, 5.74) is 0.0321. The van der Waals surface area contributed by atoms with Gasteiger partial charge in [-0.05, 0) is 18.6 Å². The number of hydrogen-bond acceptors (Lipinski definition) is 3. The van der Waals surface area contributed by atoms with Crippen LogP contribution in [0.2, 0.25) is 0 Å². The van der Waals surface area contributed by atoms with E-state index in [9.17, 15) is 9.59 Å². The van der Waals surface area contributed by atoms with Gasteiger partial charge < -0.3 is 15.7 Å². The van der Waals surface area contributed by atoms with Gasteiger partial charge in [-0.3, -0.25) is 0 Å². The zero-order valence-electron chi connectivity index (χ0n) is 11.0. The SMILES string of the molecule is CCCCCCNC(=O)Nc1cccnc1C(=O)O. The molecule has 1 heterocycles. The highest BCUT2D eigenvalue weighted by Crippen LogP contribution is 2.11. The Balaban J connectivity index is 2.42. The minimum atomic E-state index is -1.17. The third-order valence-corrected chi connectivity index (χ3v) is 2.57. The number of nitrogens with one attached hydrogen (secondary N) is 2. The Morgan fingerprint density at radius 3 is 2.79 bits per heavy atom. The van der Waals surface area contributed by atoms with Gasteiger partial charge >= 0.3 is 12.0 Å². The minimum Gasteiger partial charge on any atom is -0.476 e. The van der Waals surface area contributed by atoms with Crippen molar-refractivity contribution in [1.82, 2.24) is 10.3 Å². The Morgan fingerprint density at radius 1 is 1.32 bits per heavy atom. The van der Waals surface area contributed by atoms with Crippen LogP contribution in [0.3, 0.4) is 0 Å². The molecule has 1 rings (SSSR count). The number of amides is 2. The van der Waals surface area contributed by atoms with Crippen LogP contribution in [0.1, 0.15) is 43.1 Å². The molecule has 19 heavy (non-hydrogen) atoms. The van der Waals surface area contributed by atoms with Crippen molar-refractivity contribution in [3.8, 4) is 0 Å². The molecule has 0 radical (unpaired) electrons. The molecular formula is C13H19N3O3. The molecule has 0 atom stereocenters. The molecule has 104 valence electrons. The number of anilines is 1. The van der Waals surface area contributed by atoms with E-state index in [0.717, 1.165) is 25.7 Å². The smallest absolute Gasteiger partial charge is 0.356 e. The average Bonchev–Trinajstić information content (AvgIpc) is 2.39. The highest BCUT2D eigenvalue weighted by Gasteiger charge is 2.12. The maximum absolute atomic E-state index is 11.6. The summed E-state index contributed by atoms with van der Waals surface area (Å²) in [4.78, 5) is 26.2. The number of aromatic carboxylic acids is 1. The summed E-state index contributed by atoms with van der Waals surface area (Å²) in [5, 5.41) is 14.1. The molecule has 1 aromatic heterocycles. The summed E-state index contributed by atoms with van der Waals surface area (Å²) < 4.78 is 0. The van der Waals surface area contributed by atoms with Gasteiger partial charge in [0.05, 0.1) is 5.69 Å². The zero-order chi connectivity index (χ0) is 14.1. The summed E-state index contributed by atoms with van der Waals surface area (Å²) in [6.45, 7) is 2.70. The average molecular weight is 265 g/mol. The fraction of sp³-hybridized carbons (Fsp3) is 0.462.